The van der Waals surface area contributed by atoms with Gasteiger partial charge in [-0.05, 0) is 36.4 Å². The smallest absolute Gasteiger partial charge is 0.357 e. The second-order valence-corrected chi connectivity index (χ2v) is 7.22. The number of nitrogen functional groups attached to an aromatic ring is 1. The number of hydrogen-bond donors (Lipinski definition) is 1. The Morgan fingerprint density at radius 2 is 1.65 bits per heavy atom. The second kappa shape index (κ2) is 8.40. The van der Waals surface area contributed by atoms with Gasteiger partial charge < -0.3 is 24.8 Å². The molecule has 31 heavy (non-hydrogen) atoms. The van der Waals surface area contributed by atoms with Crippen LogP contribution < -0.4 is 15.5 Å². The van der Waals surface area contributed by atoms with Gasteiger partial charge in [0.1, 0.15) is 11.9 Å². The summed E-state index contributed by atoms with van der Waals surface area (Å²) in [5.74, 6) is -0.809. The van der Waals surface area contributed by atoms with Crippen LogP contribution in [0, 0.1) is 17.1 Å². The fourth-order valence-electron chi connectivity index (χ4n) is 3.86. The molecule has 0 unspecified atom stereocenters. The van der Waals surface area contributed by atoms with Gasteiger partial charge in [-0.2, -0.15) is 5.26 Å². The minimum atomic E-state index is -0.604. The number of para-hydroxylation sites is 1. The number of nitrogens with two attached hydrogens (primary N) is 1. The molecule has 1 aliphatic heterocycles. The number of anilines is 3. The molecule has 0 aliphatic carbocycles. The van der Waals surface area contributed by atoms with Crippen LogP contribution in [0.4, 0.5) is 21.5 Å². The zero-order valence-corrected chi connectivity index (χ0v) is 17.1. The summed E-state index contributed by atoms with van der Waals surface area (Å²) in [5.41, 5.74) is 8.76. The first-order chi connectivity index (χ1) is 15.0. The van der Waals surface area contributed by atoms with Crippen molar-refractivity contribution in [3.8, 4) is 11.8 Å². The number of halogens is 1. The molecule has 1 aromatic heterocycles. The first kappa shape index (κ1) is 20.3. The molecule has 1 aliphatic rings. The molecule has 0 spiro atoms. The number of piperazine rings is 1. The normalized spacial score (nSPS) is 13.7. The summed E-state index contributed by atoms with van der Waals surface area (Å²) in [7, 11) is 1.27. The highest BCUT2D eigenvalue weighted by molar-refractivity contribution is 5.96. The molecule has 4 rings (SSSR count). The Hall–Kier alpha value is -3.99. The van der Waals surface area contributed by atoms with E-state index in [1.54, 1.807) is 16.7 Å². The van der Waals surface area contributed by atoms with Crippen LogP contribution in [0.2, 0.25) is 0 Å². The van der Waals surface area contributed by atoms with Crippen LogP contribution in [0.5, 0.6) is 0 Å². The van der Waals surface area contributed by atoms with E-state index in [9.17, 15) is 14.4 Å². The third-order valence-electron chi connectivity index (χ3n) is 5.51. The maximum absolute atomic E-state index is 14.1. The van der Waals surface area contributed by atoms with Gasteiger partial charge >= 0.3 is 5.97 Å². The average molecular weight is 419 g/mol. The van der Waals surface area contributed by atoms with Crippen LogP contribution in [0.25, 0.3) is 5.69 Å². The maximum Gasteiger partial charge on any atom is 0.357 e. The van der Waals surface area contributed by atoms with E-state index in [1.807, 2.05) is 36.4 Å². The van der Waals surface area contributed by atoms with Gasteiger partial charge in [0.25, 0.3) is 0 Å². The molecule has 0 atom stereocenters. The molecule has 1 fully saturated rings. The molecule has 2 heterocycles. The van der Waals surface area contributed by atoms with Gasteiger partial charge in [-0.1, -0.05) is 12.1 Å². The molecule has 1 saturated heterocycles. The maximum atomic E-state index is 14.1. The Morgan fingerprint density at radius 1 is 1.03 bits per heavy atom. The topological polar surface area (TPSA) is 87.5 Å². The van der Waals surface area contributed by atoms with E-state index in [2.05, 4.69) is 9.80 Å². The minimum Gasteiger partial charge on any atom is -0.464 e. The Morgan fingerprint density at radius 3 is 2.26 bits per heavy atom. The summed E-state index contributed by atoms with van der Waals surface area (Å²) in [5, 5.41) is 9.26. The molecule has 7 nitrogen and oxygen atoms in total. The van der Waals surface area contributed by atoms with Gasteiger partial charge in [-0.25, -0.2) is 9.18 Å². The van der Waals surface area contributed by atoms with Crippen LogP contribution in [-0.4, -0.2) is 43.8 Å². The molecule has 0 saturated carbocycles. The largest absolute Gasteiger partial charge is 0.464 e. The van der Waals surface area contributed by atoms with Gasteiger partial charge in [0.2, 0.25) is 0 Å². The number of methoxy groups -OCH3 is 1. The number of esters is 1. The lowest BCUT2D eigenvalue weighted by Crippen LogP contribution is -2.46. The Bertz CT molecular complexity index is 1140. The first-order valence-corrected chi connectivity index (χ1v) is 9.87. The summed E-state index contributed by atoms with van der Waals surface area (Å²) >= 11 is 0. The van der Waals surface area contributed by atoms with E-state index >= 15 is 0 Å². The van der Waals surface area contributed by atoms with Crippen LogP contribution in [0.15, 0.2) is 54.7 Å². The van der Waals surface area contributed by atoms with Crippen molar-refractivity contribution in [1.82, 2.24) is 4.57 Å². The third-order valence-corrected chi connectivity index (χ3v) is 5.51. The highest BCUT2D eigenvalue weighted by Crippen LogP contribution is 2.27. The first-order valence-electron chi connectivity index (χ1n) is 9.87. The Balaban J connectivity index is 1.52. The number of nitriles is 1. The summed E-state index contributed by atoms with van der Waals surface area (Å²) < 4.78 is 20.4. The predicted octanol–water partition coefficient (Wildman–Crippen LogP) is 3.18. The lowest BCUT2D eigenvalue weighted by atomic mass is 10.2. The molecular weight excluding hydrogens is 397 g/mol. The van der Waals surface area contributed by atoms with E-state index < -0.39 is 5.97 Å². The number of carbonyl (C=O) groups is 1. The predicted molar refractivity (Wildman–Crippen MR) is 117 cm³/mol. The van der Waals surface area contributed by atoms with Crippen LogP contribution in [0.3, 0.4) is 0 Å². The molecule has 0 bridgehead atoms. The monoisotopic (exact) mass is 419 g/mol. The van der Waals surface area contributed by atoms with Gasteiger partial charge in [0.15, 0.2) is 5.69 Å². The van der Waals surface area contributed by atoms with Crippen molar-refractivity contribution in [2.24, 2.45) is 0 Å². The highest BCUT2D eigenvalue weighted by Gasteiger charge is 2.23. The molecular formula is C23H22FN5O2. The summed E-state index contributed by atoms with van der Waals surface area (Å²) in [4.78, 5) is 16.5. The van der Waals surface area contributed by atoms with Crippen LogP contribution in [-0.2, 0) is 4.74 Å². The van der Waals surface area contributed by atoms with Gasteiger partial charge in [-0.3, -0.25) is 0 Å². The average Bonchev–Trinajstić information content (AvgIpc) is 3.15. The molecule has 2 aromatic carbocycles. The number of rotatable bonds is 4. The lowest BCUT2D eigenvalue weighted by Gasteiger charge is -2.37. The van der Waals surface area contributed by atoms with Crippen LogP contribution in [0.1, 0.15) is 16.1 Å². The zero-order chi connectivity index (χ0) is 22.0. The number of carbonyl (C=O) groups excluding carboxylic acids is 1. The Kier molecular flexibility index (Phi) is 5.50. The van der Waals surface area contributed by atoms with Crippen molar-refractivity contribution in [2.75, 3.05) is 48.8 Å². The standard InChI is InChI=1S/C23H22FN5O2/c1-31-23(30)22-21(26)16(14-25)15-29(22)18-8-6-17(7-9-18)27-10-12-28(13-11-27)20-5-3-2-4-19(20)24/h2-9,15H,10-13,26H2,1H3. The molecule has 8 heteroatoms. The molecule has 0 amide bonds. The van der Waals surface area contributed by atoms with Gasteiger partial charge in [-0.15, -0.1) is 0 Å². The minimum absolute atomic E-state index is 0.0997. The van der Waals surface area contributed by atoms with Crippen molar-refractivity contribution in [1.29, 1.82) is 5.26 Å². The van der Waals surface area contributed by atoms with Crippen molar-refractivity contribution < 1.29 is 13.9 Å². The summed E-state index contributed by atoms with van der Waals surface area (Å²) in [6.07, 6.45) is 1.53. The van der Waals surface area contributed by atoms with E-state index in [-0.39, 0.29) is 22.8 Å². The summed E-state index contributed by atoms with van der Waals surface area (Å²) in [6, 6.07) is 16.5. The van der Waals surface area contributed by atoms with Gasteiger partial charge in [0.05, 0.1) is 24.0 Å². The number of nitrogens with zero attached hydrogens (tertiary/aromatic N) is 4. The number of aromatic nitrogens is 1. The molecule has 2 N–H and O–H groups in total. The lowest BCUT2D eigenvalue weighted by molar-refractivity contribution is 0.0593. The molecule has 3 aromatic rings. The van der Waals surface area contributed by atoms with E-state index in [0.29, 0.717) is 11.4 Å². The quantitative estimate of drug-likeness (QED) is 0.654. The Labute approximate surface area is 179 Å². The molecule has 158 valence electrons. The fourth-order valence-corrected chi connectivity index (χ4v) is 3.86. The number of hydrogen-bond acceptors (Lipinski definition) is 6. The number of ether oxygens (including phenoxy) is 1. The third kappa shape index (κ3) is 3.78. The SMILES string of the molecule is COC(=O)c1c(N)c(C#N)cn1-c1ccc(N2CCN(c3ccccc3F)CC2)cc1. The van der Waals surface area contributed by atoms with E-state index in [0.717, 1.165) is 31.9 Å². The van der Waals surface area contributed by atoms with Crippen molar-refractivity contribution in [3.05, 3.63) is 71.8 Å². The molecule has 0 radical (unpaired) electrons. The highest BCUT2D eigenvalue weighted by atomic mass is 19.1. The fraction of sp³-hybridized carbons (Fsp3) is 0.217. The van der Waals surface area contributed by atoms with Crippen LogP contribution >= 0.6 is 0 Å². The van der Waals surface area contributed by atoms with Crippen molar-refractivity contribution in [2.45, 2.75) is 0 Å². The van der Waals surface area contributed by atoms with Gasteiger partial charge in [0, 0.05) is 43.8 Å². The van der Waals surface area contributed by atoms with Crippen molar-refractivity contribution >= 4 is 23.0 Å². The summed E-state index contributed by atoms with van der Waals surface area (Å²) in [6.45, 7) is 2.95. The van der Waals surface area contributed by atoms with E-state index in [4.69, 9.17) is 10.5 Å². The second-order valence-electron chi connectivity index (χ2n) is 7.22. The zero-order valence-electron chi connectivity index (χ0n) is 17.1. The van der Waals surface area contributed by atoms with Crippen molar-refractivity contribution in [3.63, 3.8) is 0 Å². The number of benzene rings is 2. The van der Waals surface area contributed by atoms with E-state index in [1.165, 1.54) is 19.4 Å².